The lowest BCUT2D eigenvalue weighted by Crippen LogP contribution is -2.50. The van der Waals surface area contributed by atoms with E-state index in [-0.39, 0.29) is 5.56 Å². The molecule has 1 aromatic carbocycles. The molecule has 0 bridgehead atoms. The molecule has 150 valence electrons. The molecule has 28 heavy (non-hydrogen) atoms. The number of hydrogen-bond donors (Lipinski definition) is 2. The minimum Gasteiger partial charge on any atom is -0.322 e. The Kier molecular flexibility index (Phi) is 4.33. The van der Waals surface area contributed by atoms with Crippen LogP contribution in [0.3, 0.4) is 0 Å². The number of hydrazine groups is 1. The van der Waals surface area contributed by atoms with Crippen LogP contribution in [0.5, 0.6) is 0 Å². The van der Waals surface area contributed by atoms with Gasteiger partial charge < -0.3 is 5.32 Å². The normalized spacial score (nSPS) is 21.0. The van der Waals surface area contributed by atoms with Gasteiger partial charge in [0, 0.05) is 12.1 Å². The van der Waals surface area contributed by atoms with E-state index in [9.17, 15) is 22.8 Å². The van der Waals surface area contributed by atoms with Gasteiger partial charge >= 0.3 is 6.03 Å². The Hall–Kier alpha value is -2.62. The van der Waals surface area contributed by atoms with E-state index in [2.05, 4.69) is 10.7 Å². The van der Waals surface area contributed by atoms with Crippen molar-refractivity contribution in [1.82, 2.24) is 15.8 Å². The zero-order valence-corrected chi connectivity index (χ0v) is 16.3. The first-order valence-corrected chi connectivity index (χ1v) is 11.1. The number of nitrogens with zero attached hydrogens (tertiary/aromatic N) is 2. The Bertz CT molecular complexity index is 968. The molecule has 1 aromatic rings. The van der Waals surface area contributed by atoms with Crippen molar-refractivity contribution in [3.8, 4) is 0 Å². The van der Waals surface area contributed by atoms with Crippen molar-refractivity contribution in [1.29, 1.82) is 0 Å². The number of urea groups is 1. The number of anilines is 1. The predicted molar refractivity (Wildman–Crippen MR) is 101 cm³/mol. The summed E-state index contributed by atoms with van der Waals surface area (Å²) in [5, 5.41) is 3.51. The van der Waals surface area contributed by atoms with Crippen LogP contribution in [0.15, 0.2) is 18.2 Å². The Balaban J connectivity index is 1.52. The Morgan fingerprint density at radius 1 is 1.18 bits per heavy atom. The van der Waals surface area contributed by atoms with Crippen molar-refractivity contribution in [2.75, 3.05) is 17.1 Å². The molecule has 0 radical (unpaired) electrons. The van der Waals surface area contributed by atoms with Crippen LogP contribution in [0.4, 0.5) is 10.5 Å². The molecule has 2 aliphatic heterocycles. The van der Waals surface area contributed by atoms with Crippen LogP contribution in [-0.4, -0.2) is 49.6 Å². The van der Waals surface area contributed by atoms with Gasteiger partial charge in [-0.15, -0.1) is 0 Å². The summed E-state index contributed by atoms with van der Waals surface area (Å²) in [6, 6.07) is 4.05. The molecule has 9 nitrogen and oxygen atoms in total. The maximum atomic E-state index is 12.8. The summed E-state index contributed by atoms with van der Waals surface area (Å²) in [5.74, 6) is -1.01. The van der Waals surface area contributed by atoms with E-state index >= 15 is 0 Å². The monoisotopic (exact) mass is 406 g/mol. The number of sulfonamides is 1. The molecule has 3 aliphatic rings. The fourth-order valence-corrected chi connectivity index (χ4v) is 5.20. The number of rotatable bonds is 3. The fraction of sp³-hybridized carbons (Fsp3) is 0.500. The summed E-state index contributed by atoms with van der Waals surface area (Å²) < 4.78 is 24.9. The quantitative estimate of drug-likeness (QED) is 0.724. The van der Waals surface area contributed by atoms with Gasteiger partial charge in [-0.25, -0.2) is 13.2 Å². The molecule has 4 rings (SSSR count). The summed E-state index contributed by atoms with van der Waals surface area (Å²) in [6.07, 6.45) is 5.52. The largest absolute Gasteiger partial charge is 0.344 e. The van der Waals surface area contributed by atoms with Crippen LogP contribution in [0, 0.1) is 0 Å². The second-order valence-corrected chi connectivity index (χ2v) is 9.49. The minimum atomic E-state index is -3.37. The van der Waals surface area contributed by atoms with Gasteiger partial charge in [0.25, 0.3) is 11.8 Å². The van der Waals surface area contributed by atoms with Crippen LogP contribution in [0.25, 0.3) is 0 Å². The van der Waals surface area contributed by atoms with Crippen molar-refractivity contribution in [3.05, 3.63) is 29.3 Å². The third kappa shape index (κ3) is 3.01. The molecule has 0 unspecified atom stereocenters. The van der Waals surface area contributed by atoms with E-state index in [1.165, 1.54) is 10.4 Å². The van der Waals surface area contributed by atoms with Gasteiger partial charge in [-0.1, -0.05) is 19.3 Å². The summed E-state index contributed by atoms with van der Waals surface area (Å²) in [4.78, 5) is 37.7. The number of carbonyl (C=O) groups is 3. The topological polar surface area (TPSA) is 116 Å². The first kappa shape index (κ1) is 18.7. The molecular formula is C18H22N4O5S. The van der Waals surface area contributed by atoms with Crippen molar-refractivity contribution in [3.63, 3.8) is 0 Å². The molecule has 4 amide bonds. The fourth-order valence-electron chi connectivity index (χ4n) is 4.24. The van der Waals surface area contributed by atoms with Gasteiger partial charge in [0.2, 0.25) is 10.0 Å². The summed E-state index contributed by atoms with van der Waals surface area (Å²) in [6.45, 7) is 0.328. The molecule has 2 heterocycles. The lowest BCUT2D eigenvalue weighted by molar-refractivity contribution is -0.134. The van der Waals surface area contributed by atoms with Gasteiger partial charge in [-0.05, 0) is 43.0 Å². The molecule has 0 aromatic heterocycles. The molecule has 10 heteroatoms. The molecule has 1 aliphatic carbocycles. The second kappa shape index (κ2) is 6.47. The van der Waals surface area contributed by atoms with Crippen LogP contribution < -0.4 is 15.0 Å². The van der Waals surface area contributed by atoms with Gasteiger partial charge in [0.1, 0.15) is 5.54 Å². The van der Waals surface area contributed by atoms with Crippen molar-refractivity contribution in [2.45, 2.75) is 44.1 Å². The van der Waals surface area contributed by atoms with Crippen molar-refractivity contribution < 1.29 is 22.8 Å². The number of nitrogens with one attached hydrogen (secondary N) is 2. The van der Waals surface area contributed by atoms with E-state index in [4.69, 9.17) is 0 Å². The van der Waals surface area contributed by atoms with E-state index in [1.807, 2.05) is 0 Å². The zero-order chi connectivity index (χ0) is 20.1. The van der Waals surface area contributed by atoms with Crippen molar-refractivity contribution >= 4 is 33.6 Å². The molecule has 1 saturated carbocycles. The maximum absolute atomic E-state index is 12.8. The molecular weight excluding hydrogens is 384 g/mol. The average Bonchev–Trinajstić information content (AvgIpc) is 3.17. The Labute approximate surface area is 163 Å². The lowest BCUT2D eigenvalue weighted by atomic mass is 9.82. The molecule has 1 saturated heterocycles. The summed E-state index contributed by atoms with van der Waals surface area (Å²) in [7, 11) is -3.37. The zero-order valence-electron chi connectivity index (χ0n) is 15.5. The number of amides is 4. The summed E-state index contributed by atoms with van der Waals surface area (Å²) >= 11 is 0. The first-order chi connectivity index (χ1) is 13.2. The lowest BCUT2D eigenvalue weighted by Gasteiger charge is -2.30. The minimum absolute atomic E-state index is 0.263. The standard InChI is InChI=1S/C18H22N4O5S/c1-28(26,27)21-10-7-12-11-13(5-6-14(12)21)15(23)20-22-16(24)18(19-17(22)25)8-3-2-4-9-18/h5-6,11H,2-4,7-10H2,1H3,(H,19,25)(H,20,23). The van der Waals surface area contributed by atoms with E-state index in [0.717, 1.165) is 36.1 Å². The number of hydrogen-bond acceptors (Lipinski definition) is 5. The van der Waals surface area contributed by atoms with Crippen molar-refractivity contribution in [2.24, 2.45) is 0 Å². The third-order valence-corrected chi connectivity index (χ3v) is 6.86. The Morgan fingerprint density at radius 3 is 2.57 bits per heavy atom. The second-order valence-electron chi connectivity index (χ2n) is 7.58. The number of fused-ring (bicyclic) bond motifs is 1. The van der Waals surface area contributed by atoms with Gasteiger partial charge in [-0.3, -0.25) is 19.3 Å². The SMILES string of the molecule is CS(=O)(=O)N1CCc2cc(C(=O)NN3C(=O)NC4(CCCCC4)C3=O)ccc21. The van der Waals surface area contributed by atoms with Gasteiger partial charge in [-0.2, -0.15) is 5.01 Å². The molecule has 2 fully saturated rings. The average molecular weight is 406 g/mol. The predicted octanol–water partition coefficient (Wildman–Crippen LogP) is 0.908. The first-order valence-electron chi connectivity index (χ1n) is 9.30. The highest BCUT2D eigenvalue weighted by Gasteiger charge is 2.52. The number of carbonyl (C=O) groups excluding carboxylic acids is 3. The van der Waals surface area contributed by atoms with E-state index < -0.39 is 33.4 Å². The Morgan fingerprint density at radius 2 is 1.89 bits per heavy atom. The van der Waals surface area contributed by atoms with Crippen LogP contribution >= 0.6 is 0 Å². The van der Waals surface area contributed by atoms with Crippen LogP contribution in [0.1, 0.15) is 48.0 Å². The third-order valence-electron chi connectivity index (χ3n) is 5.68. The highest BCUT2D eigenvalue weighted by atomic mass is 32.2. The highest BCUT2D eigenvalue weighted by molar-refractivity contribution is 7.92. The number of imide groups is 1. The van der Waals surface area contributed by atoms with E-state index in [1.54, 1.807) is 12.1 Å². The van der Waals surface area contributed by atoms with Crippen LogP contribution in [0.2, 0.25) is 0 Å². The van der Waals surface area contributed by atoms with Gasteiger partial charge in [0.15, 0.2) is 0 Å². The molecule has 1 spiro atoms. The number of benzene rings is 1. The molecule has 2 N–H and O–H groups in total. The highest BCUT2D eigenvalue weighted by Crippen LogP contribution is 2.33. The smallest absolute Gasteiger partial charge is 0.322 e. The van der Waals surface area contributed by atoms with E-state index in [0.29, 0.717) is 31.5 Å². The van der Waals surface area contributed by atoms with Gasteiger partial charge in [0.05, 0.1) is 11.9 Å². The molecule has 0 atom stereocenters. The van der Waals surface area contributed by atoms with Crippen LogP contribution in [-0.2, 0) is 21.2 Å². The maximum Gasteiger partial charge on any atom is 0.344 e. The summed E-state index contributed by atoms with van der Waals surface area (Å²) in [5.41, 5.74) is 3.04.